The molecular formula is C7H16NO8P. The number of hydrogen-bond acceptors (Lipinski definition) is 7. The van der Waals surface area contributed by atoms with Crippen molar-refractivity contribution in [1.29, 1.82) is 0 Å². The second-order valence-corrected chi connectivity index (χ2v) is 5.04. The first kappa shape index (κ1) is 15.0. The van der Waals surface area contributed by atoms with Crippen LogP contribution in [0.5, 0.6) is 0 Å². The molecule has 0 aromatic rings. The Balaban J connectivity index is 2.52. The predicted molar refractivity (Wildman–Crippen MR) is 53.7 cm³/mol. The third-order valence-corrected chi connectivity index (χ3v) is 2.88. The molecule has 7 N–H and O–H groups in total. The summed E-state index contributed by atoms with van der Waals surface area (Å²) in [5.74, 6) is 0. The van der Waals surface area contributed by atoms with E-state index in [0.717, 1.165) is 0 Å². The largest absolute Gasteiger partial charge is 0.469 e. The average Bonchev–Trinajstić information content (AvgIpc) is 2.22. The summed E-state index contributed by atoms with van der Waals surface area (Å²) in [6.45, 7) is -0.816. The van der Waals surface area contributed by atoms with Crippen LogP contribution in [0, 0.1) is 0 Å². The van der Waals surface area contributed by atoms with Crippen LogP contribution in [0.2, 0.25) is 0 Å². The zero-order valence-corrected chi connectivity index (χ0v) is 9.68. The molecule has 1 heterocycles. The molecule has 1 aliphatic heterocycles. The number of aliphatic hydroxyl groups is 3. The molecule has 0 saturated carbocycles. The number of nitrogens with two attached hydrogens (primary N) is 1. The number of aliphatic hydroxyl groups excluding tert-OH is 3. The van der Waals surface area contributed by atoms with Gasteiger partial charge in [0.15, 0.2) is 0 Å². The normalized spacial score (nSPS) is 36.8. The number of hydrogen-bond donors (Lipinski definition) is 6. The van der Waals surface area contributed by atoms with Gasteiger partial charge in [-0.1, -0.05) is 0 Å². The van der Waals surface area contributed by atoms with Crippen molar-refractivity contribution in [2.24, 2.45) is 5.73 Å². The highest BCUT2D eigenvalue weighted by atomic mass is 31.2. The van der Waals surface area contributed by atoms with Crippen molar-refractivity contribution in [2.75, 3.05) is 13.2 Å². The molecule has 0 radical (unpaired) electrons. The first-order chi connectivity index (χ1) is 7.72. The van der Waals surface area contributed by atoms with Crippen molar-refractivity contribution < 1.29 is 38.9 Å². The first-order valence-electron chi connectivity index (χ1n) is 4.84. The summed E-state index contributed by atoms with van der Waals surface area (Å²) in [6.07, 6.45) is -5.43. The van der Waals surface area contributed by atoms with Crippen LogP contribution in [0.1, 0.15) is 0 Å². The molecule has 5 atom stereocenters. The van der Waals surface area contributed by atoms with Crippen molar-refractivity contribution in [3.8, 4) is 0 Å². The quantitative estimate of drug-likeness (QED) is 0.291. The minimum Gasteiger partial charge on any atom is -0.389 e. The predicted octanol–water partition coefficient (Wildman–Crippen LogP) is -3.10. The monoisotopic (exact) mass is 273 g/mol. The molecule has 1 saturated heterocycles. The van der Waals surface area contributed by atoms with Crippen LogP contribution in [-0.4, -0.2) is 68.8 Å². The van der Waals surface area contributed by atoms with Crippen molar-refractivity contribution in [1.82, 2.24) is 0 Å². The van der Waals surface area contributed by atoms with Crippen molar-refractivity contribution in [2.45, 2.75) is 30.5 Å². The van der Waals surface area contributed by atoms with Gasteiger partial charge in [-0.2, -0.15) is 0 Å². The maximum Gasteiger partial charge on any atom is 0.469 e. The smallest absolute Gasteiger partial charge is 0.389 e. The third kappa shape index (κ3) is 4.25. The van der Waals surface area contributed by atoms with Crippen LogP contribution in [0.15, 0.2) is 0 Å². The molecule has 0 aromatic heterocycles. The summed E-state index contributed by atoms with van der Waals surface area (Å²) in [5.41, 5.74) is 5.40. The fourth-order valence-electron chi connectivity index (χ4n) is 1.47. The Morgan fingerprint density at radius 3 is 2.53 bits per heavy atom. The average molecular weight is 273 g/mol. The summed E-state index contributed by atoms with van der Waals surface area (Å²) in [5, 5.41) is 28.5. The van der Waals surface area contributed by atoms with Gasteiger partial charge in [0.2, 0.25) is 0 Å². The molecule has 0 aromatic carbocycles. The fourth-order valence-corrected chi connectivity index (χ4v) is 1.82. The van der Waals surface area contributed by atoms with Gasteiger partial charge in [-0.15, -0.1) is 0 Å². The van der Waals surface area contributed by atoms with Gasteiger partial charge in [0.05, 0.1) is 25.4 Å². The number of ether oxygens (including phenoxy) is 1. The van der Waals surface area contributed by atoms with E-state index in [2.05, 4.69) is 4.52 Å². The number of rotatable bonds is 4. The molecule has 102 valence electrons. The molecule has 10 heteroatoms. The van der Waals surface area contributed by atoms with Gasteiger partial charge >= 0.3 is 7.82 Å². The highest BCUT2D eigenvalue weighted by Gasteiger charge is 2.40. The summed E-state index contributed by atoms with van der Waals surface area (Å²) in [7, 11) is -4.70. The van der Waals surface area contributed by atoms with Gasteiger partial charge in [0.1, 0.15) is 18.3 Å². The molecule has 0 bridgehead atoms. The molecule has 5 unspecified atom stereocenters. The van der Waals surface area contributed by atoms with Crippen molar-refractivity contribution >= 4 is 7.82 Å². The molecule has 0 spiro atoms. The van der Waals surface area contributed by atoms with E-state index in [9.17, 15) is 19.9 Å². The summed E-state index contributed by atoms with van der Waals surface area (Å²) >= 11 is 0. The molecule has 1 fully saturated rings. The first-order valence-corrected chi connectivity index (χ1v) is 6.37. The number of phosphoric acid groups is 1. The van der Waals surface area contributed by atoms with Crippen LogP contribution >= 0.6 is 7.82 Å². The lowest BCUT2D eigenvalue weighted by atomic mass is 9.95. The van der Waals surface area contributed by atoms with E-state index >= 15 is 0 Å². The van der Waals surface area contributed by atoms with Gasteiger partial charge in [-0.05, 0) is 0 Å². The zero-order chi connectivity index (χ0) is 13.2. The molecule has 1 aliphatic rings. The molecule has 0 aliphatic carbocycles. The Kier molecular flexibility index (Phi) is 5.02. The number of phosphoric ester groups is 1. The van der Waals surface area contributed by atoms with Crippen LogP contribution < -0.4 is 5.73 Å². The highest BCUT2D eigenvalue weighted by molar-refractivity contribution is 7.46. The van der Waals surface area contributed by atoms with Crippen LogP contribution in [-0.2, 0) is 13.8 Å². The highest BCUT2D eigenvalue weighted by Crippen LogP contribution is 2.36. The topological polar surface area (TPSA) is 163 Å². The van der Waals surface area contributed by atoms with E-state index in [0.29, 0.717) is 0 Å². The fraction of sp³-hybridized carbons (Fsp3) is 1.00. The Bertz CT molecular complexity index is 296. The van der Waals surface area contributed by atoms with Gasteiger partial charge in [-0.25, -0.2) is 4.57 Å². The lowest BCUT2D eigenvalue weighted by Gasteiger charge is -2.37. The summed E-state index contributed by atoms with van der Waals surface area (Å²) in [4.78, 5) is 16.9. The van der Waals surface area contributed by atoms with E-state index in [4.69, 9.17) is 20.3 Å². The molecule has 0 amide bonds. The molecule has 17 heavy (non-hydrogen) atoms. The molecule has 1 rings (SSSR count). The SMILES string of the molecule is NC1COC(C(O)COP(=O)(O)O)C(O)C1O. The van der Waals surface area contributed by atoms with E-state index in [1.165, 1.54) is 0 Å². The Hall–Kier alpha value is -0.0900. The van der Waals surface area contributed by atoms with Gasteiger partial charge < -0.3 is 35.6 Å². The van der Waals surface area contributed by atoms with Gasteiger partial charge in [0.25, 0.3) is 0 Å². The van der Waals surface area contributed by atoms with Gasteiger partial charge in [0, 0.05) is 0 Å². The standard InChI is InChI=1S/C7H16NO8P/c8-3-1-15-7(6(11)5(3)10)4(9)2-16-17(12,13)14/h3-7,9-11H,1-2,8H2,(H2,12,13,14). The maximum atomic E-state index is 10.4. The minimum absolute atomic E-state index is 0.0874. The van der Waals surface area contributed by atoms with Crippen molar-refractivity contribution in [3.05, 3.63) is 0 Å². The second kappa shape index (κ2) is 5.70. The molecular weight excluding hydrogens is 257 g/mol. The summed E-state index contributed by atoms with van der Waals surface area (Å²) < 4.78 is 19.5. The lowest BCUT2D eigenvalue weighted by molar-refractivity contribution is -0.182. The van der Waals surface area contributed by atoms with Crippen molar-refractivity contribution in [3.63, 3.8) is 0 Å². The van der Waals surface area contributed by atoms with E-state index in [-0.39, 0.29) is 6.61 Å². The minimum atomic E-state index is -4.70. The van der Waals surface area contributed by atoms with Crippen LogP contribution in [0.25, 0.3) is 0 Å². The van der Waals surface area contributed by atoms with Gasteiger partial charge in [-0.3, -0.25) is 4.52 Å². The lowest BCUT2D eigenvalue weighted by Crippen LogP contribution is -2.60. The Labute approximate surface area is 97.0 Å². The summed E-state index contributed by atoms with van der Waals surface area (Å²) in [6, 6.07) is -0.781. The van der Waals surface area contributed by atoms with Crippen LogP contribution in [0.3, 0.4) is 0 Å². The van der Waals surface area contributed by atoms with E-state index < -0.39 is 44.9 Å². The second-order valence-electron chi connectivity index (χ2n) is 3.80. The Morgan fingerprint density at radius 2 is 2.00 bits per heavy atom. The van der Waals surface area contributed by atoms with E-state index in [1.54, 1.807) is 0 Å². The molecule has 9 nitrogen and oxygen atoms in total. The van der Waals surface area contributed by atoms with E-state index in [1.807, 2.05) is 0 Å². The maximum absolute atomic E-state index is 10.4. The van der Waals surface area contributed by atoms with Crippen LogP contribution in [0.4, 0.5) is 0 Å². The Morgan fingerprint density at radius 1 is 1.41 bits per heavy atom. The zero-order valence-electron chi connectivity index (χ0n) is 8.79. The third-order valence-electron chi connectivity index (χ3n) is 2.40.